The Bertz CT molecular complexity index is 463. The Hall–Kier alpha value is -1.36. The van der Waals surface area contributed by atoms with Crippen molar-refractivity contribution in [1.29, 1.82) is 0 Å². The van der Waals surface area contributed by atoms with Crippen LogP contribution in [0.4, 0.5) is 0 Å². The van der Waals surface area contributed by atoms with Gasteiger partial charge in [0.05, 0.1) is 0 Å². The molecule has 0 aromatic rings. The third-order valence-electron chi connectivity index (χ3n) is 5.41. The van der Waals surface area contributed by atoms with Crippen LogP contribution < -0.4 is 0 Å². The molecule has 0 aromatic heterocycles. The van der Waals surface area contributed by atoms with E-state index < -0.39 is 0 Å². The van der Waals surface area contributed by atoms with Crippen LogP contribution in [0.3, 0.4) is 0 Å². The first-order valence-electron chi connectivity index (χ1n) is 8.97. The predicted molar refractivity (Wildman–Crippen MR) is 87.8 cm³/mol. The molecule has 5 heteroatoms. The van der Waals surface area contributed by atoms with E-state index in [2.05, 4.69) is 17.1 Å². The number of likely N-dealkylation sites (tertiary alicyclic amines) is 1. The number of amides is 2. The minimum Gasteiger partial charge on any atom is -0.381 e. The molecule has 0 bridgehead atoms. The normalized spacial score (nSPS) is 26.5. The number of ether oxygens (including phenoxy) is 1. The zero-order chi connectivity index (χ0) is 16.2. The highest BCUT2D eigenvalue weighted by molar-refractivity contribution is 5.80. The first-order chi connectivity index (χ1) is 11.2. The van der Waals surface area contributed by atoms with Crippen molar-refractivity contribution in [2.24, 2.45) is 5.92 Å². The Labute approximate surface area is 138 Å². The van der Waals surface area contributed by atoms with Gasteiger partial charge in [-0.25, -0.2) is 0 Å². The number of nitrogens with zero attached hydrogens (tertiary/aromatic N) is 2. The standard InChI is InChI=1S/C18H28N2O3/c1-14(21)20(16-8-11-23-12-9-16)17-7-4-10-19(13-17)18(22)15-5-2-3-6-15/h2-3,15-17H,4-13H2,1H3. The lowest BCUT2D eigenvalue weighted by molar-refractivity contribution is -0.144. The van der Waals surface area contributed by atoms with E-state index in [1.807, 2.05) is 4.90 Å². The van der Waals surface area contributed by atoms with Crippen molar-refractivity contribution < 1.29 is 14.3 Å². The molecule has 1 atom stereocenters. The molecule has 2 heterocycles. The van der Waals surface area contributed by atoms with Crippen molar-refractivity contribution in [3.63, 3.8) is 0 Å². The molecule has 1 aliphatic carbocycles. The Morgan fingerprint density at radius 3 is 2.43 bits per heavy atom. The molecule has 2 saturated heterocycles. The van der Waals surface area contributed by atoms with Crippen LogP contribution in [-0.4, -0.2) is 60.0 Å². The van der Waals surface area contributed by atoms with Gasteiger partial charge in [0.1, 0.15) is 0 Å². The second-order valence-electron chi connectivity index (χ2n) is 6.99. The van der Waals surface area contributed by atoms with Crippen LogP contribution in [0.25, 0.3) is 0 Å². The van der Waals surface area contributed by atoms with Gasteiger partial charge in [-0.2, -0.15) is 0 Å². The Morgan fingerprint density at radius 2 is 1.78 bits per heavy atom. The monoisotopic (exact) mass is 320 g/mol. The lowest BCUT2D eigenvalue weighted by Gasteiger charge is -2.44. The summed E-state index contributed by atoms with van der Waals surface area (Å²) < 4.78 is 5.43. The van der Waals surface area contributed by atoms with E-state index >= 15 is 0 Å². The number of rotatable bonds is 3. The first-order valence-corrected chi connectivity index (χ1v) is 8.97. The molecule has 2 fully saturated rings. The summed E-state index contributed by atoms with van der Waals surface area (Å²) in [6, 6.07) is 0.442. The second-order valence-corrected chi connectivity index (χ2v) is 6.99. The molecule has 2 amide bonds. The van der Waals surface area contributed by atoms with Gasteiger partial charge in [-0.05, 0) is 38.5 Å². The summed E-state index contributed by atoms with van der Waals surface area (Å²) in [7, 11) is 0. The quantitative estimate of drug-likeness (QED) is 0.747. The number of piperidine rings is 1. The van der Waals surface area contributed by atoms with Gasteiger partial charge in [-0.3, -0.25) is 9.59 Å². The van der Waals surface area contributed by atoms with E-state index in [0.717, 1.165) is 58.3 Å². The van der Waals surface area contributed by atoms with Crippen LogP contribution in [-0.2, 0) is 14.3 Å². The molecule has 0 aromatic carbocycles. The van der Waals surface area contributed by atoms with E-state index in [9.17, 15) is 9.59 Å². The summed E-state index contributed by atoms with van der Waals surface area (Å²) >= 11 is 0. The number of carbonyl (C=O) groups is 2. The summed E-state index contributed by atoms with van der Waals surface area (Å²) in [6.45, 7) is 4.67. The van der Waals surface area contributed by atoms with Gasteiger partial charge in [-0.15, -0.1) is 0 Å². The molecular weight excluding hydrogens is 292 g/mol. The van der Waals surface area contributed by atoms with E-state index in [1.54, 1.807) is 6.92 Å². The molecule has 2 aliphatic heterocycles. The Balaban J connectivity index is 1.65. The van der Waals surface area contributed by atoms with Crippen molar-refractivity contribution in [2.75, 3.05) is 26.3 Å². The largest absolute Gasteiger partial charge is 0.381 e. The molecule has 3 rings (SSSR count). The minimum atomic E-state index is 0.127. The number of hydrogen-bond donors (Lipinski definition) is 0. The SMILES string of the molecule is CC(=O)N(C1CCOCC1)C1CCCN(C(=O)C2CC=CC2)C1. The summed E-state index contributed by atoms with van der Waals surface area (Å²) in [5.74, 6) is 0.538. The minimum absolute atomic E-state index is 0.127. The van der Waals surface area contributed by atoms with Crippen molar-refractivity contribution in [3.05, 3.63) is 12.2 Å². The molecule has 3 aliphatic rings. The Morgan fingerprint density at radius 1 is 1.09 bits per heavy atom. The van der Waals surface area contributed by atoms with E-state index in [-0.39, 0.29) is 29.8 Å². The third-order valence-corrected chi connectivity index (χ3v) is 5.41. The maximum absolute atomic E-state index is 12.7. The third kappa shape index (κ3) is 3.77. The molecule has 1 unspecified atom stereocenters. The van der Waals surface area contributed by atoms with Crippen molar-refractivity contribution in [2.45, 2.75) is 57.5 Å². The fourth-order valence-corrected chi connectivity index (χ4v) is 4.23. The molecule has 23 heavy (non-hydrogen) atoms. The van der Waals surface area contributed by atoms with Crippen molar-refractivity contribution in [1.82, 2.24) is 9.80 Å². The van der Waals surface area contributed by atoms with Gasteiger partial charge >= 0.3 is 0 Å². The predicted octanol–water partition coefficient (Wildman–Crippen LogP) is 1.97. The maximum atomic E-state index is 12.7. The summed E-state index contributed by atoms with van der Waals surface area (Å²) in [4.78, 5) is 29.0. The zero-order valence-electron chi connectivity index (χ0n) is 14.1. The molecule has 0 N–H and O–H groups in total. The van der Waals surface area contributed by atoms with E-state index in [0.29, 0.717) is 6.54 Å². The first kappa shape index (κ1) is 16.5. The average molecular weight is 320 g/mol. The van der Waals surface area contributed by atoms with Gasteiger partial charge < -0.3 is 14.5 Å². The van der Waals surface area contributed by atoms with Crippen LogP contribution in [0.15, 0.2) is 12.2 Å². The molecule has 0 saturated carbocycles. The van der Waals surface area contributed by atoms with Crippen molar-refractivity contribution in [3.8, 4) is 0 Å². The van der Waals surface area contributed by atoms with Crippen LogP contribution in [0.1, 0.15) is 45.4 Å². The van der Waals surface area contributed by atoms with Gasteiger partial charge in [0.15, 0.2) is 0 Å². The summed E-state index contributed by atoms with van der Waals surface area (Å²) in [5, 5.41) is 0. The number of hydrogen-bond acceptors (Lipinski definition) is 3. The lowest BCUT2D eigenvalue weighted by Crippen LogP contribution is -2.56. The smallest absolute Gasteiger partial charge is 0.226 e. The fraction of sp³-hybridized carbons (Fsp3) is 0.778. The molecule has 0 radical (unpaired) electrons. The van der Waals surface area contributed by atoms with Crippen LogP contribution in [0, 0.1) is 5.92 Å². The number of carbonyl (C=O) groups excluding carboxylic acids is 2. The zero-order valence-corrected chi connectivity index (χ0v) is 14.1. The number of allylic oxidation sites excluding steroid dienone is 2. The van der Waals surface area contributed by atoms with Gasteiger partial charge in [0, 0.05) is 51.2 Å². The van der Waals surface area contributed by atoms with Crippen LogP contribution in [0.5, 0.6) is 0 Å². The van der Waals surface area contributed by atoms with Crippen LogP contribution in [0.2, 0.25) is 0 Å². The topological polar surface area (TPSA) is 49.9 Å². The van der Waals surface area contributed by atoms with Crippen molar-refractivity contribution >= 4 is 11.8 Å². The summed E-state index contributed by atoms with van der Waals surface area (Å²) in [5.41, 5.74) is 0. The van der Waals surface area contributed by atoms with Gasteiger partial charge in [0.2, 0.25) is 11.8 Å². The summed E-state index contributed by atoms with van der Waals surface area (Å²) in [6.07, 6.45) is 9.77. The molecule has 5 nitrogen and oxygen atoms in total. The molecule has 128 valence electrons. The molecule has 0 spiro atoms. The van der Waals surface area contributed by atoms with Gasteiger partial charge in [-0.1, -0.05) is 12.2 Å². The Kier molecular flexibility index (Phi) is 5.36. The highest BCUT2D eigenvalue weighted by atomic mass is 16.5. The van der Waals surface area contributed by atoms with Crippen LogP contribution >= 0.6 is 0 Å². The van der Waals surface area contributed by atoms with E-state index in [4.69, 9.17) is 4.74 Å². The lowest BCUT2D eigenvalue weighted by atomic mass is 9.97. The second kappa shape index (κ2) is 7.47. The molecular formula is C18H28N2O3. The highest BCUT2D eigenvalue weighted by Crippen LogP contribution is 2.26. The van der Waals surface area contributed by atoms with E-state index in [1.165, 1.54) is 0 Å². The maximum Gasteiger partial charge on any atom is 0.226 e. The average Bonchev–Trinajstić information content (AvgIpc) is 3.10. The van der Waals surface area contributed by atoms with Gasteiger partial charge in [0.25, 0.3) is 0 Å². The highest BCUT2D eigenvalue weighted by Gasteiger charge is 2.35. The fourth-order valence-electron chi connectivity index (χ4n) is 4.23.